The van der Waals surface area contributed by atoms with E-state index in [0.29, 0.717) is 6.61 Å². The van der Waals surface area contributed by atoms with E-state index in [4.69, 9.17) is 31.9 Å². The van der Waals surface area contributed by atoms with Crippen LogP contribution in [-0.2, 0) is 4.74 Å². The maximum absolute atomic E-state index is 11.1. The van der Waals surface area contributed by atoms with E-state index >= 15 is 0 Å². The first kappa shape index (κ1) is 15.6. The van der Waals surface area contributed by atoms with Gasteiger partial charge in [0, 0.05) is 5.69 Å². The van der Waals surface area contributed by atoms with E-state index in [2.05, 4.69) is 0 Å². The van der Waals surface area contributed by atoms with Crippen molar-refractivity contribution < 1.29 is 19.4 Å². The van der Waals surface area contributed by atoms with Crippen LogP contribution in [0.25, 0.3) is 0 Å². The molecule has 0 heterocycles. The van der Waals surface area contributed by atoms with Gasteiger partial charge in [-0.3, -0.25) is 0 Å². The molecule has 0 radical (unpaired) electrons. The third-order valence-electron chi connectivity index (χ3n) is 2.16. The molecule has 1 aromatic rings. The number of hydrogen-bond donors (Lipinski definition) is 2. The second-order valence-electron chi connectivity index (χ2n) is 4.99. The van der Waals surface area contributed by atoms with Gasteiger partial charge in [-0.2, -0.15) is 0 Å². The zero-order valence-corrected chi connectivity index (χ0v) is 12.0. The minimum Gasteiger partial charge on any atom is -0.489 e. The largest absolute Gasteiger partial charge is 0.489 e. The highest BCUT2D eigenvalue weighted by atomic mass is 35.5. The van der Waals surface area contributed by atoms with E-state index in [-0.39, 0.29) is 34.2 Å². The predicted octanol–water partition coefficient (Wildman–Crippen LogP) is 2.81. The third kappa shape index (κ3) is 4.96. The molecule has 0 aliphatic heterocycles. The summed E-state index contributed by atoms with van der Waals surface area (Å²) >= 11 is 5.94. The predicted molar refractivity (Wildman–Crippen MR) is 74.0 cm³/mol. The van der Waals surface area contributed by atoms with Crippen molar-refractivity contribution in [3.05, 3.63) is 22.7 Å². The van der Waals surface area contributed by atoms with Crippen LogP contribution >= 0.6 is 11.6 Å². The fourth-order valence-corrected chi connectivity index (χ4v) is 1.69. The SMILES string of the molecule is CC(C)(C)OCCOc1c(Cl)cc(N)cc1C(=O)O. The lowest BCUT2D eigenvalue weighted by atomic mass is 10.2. The number of aromatic carboxylic acids is 1. The molecule has 0 unspecified atom stereocenters. The second kappa shape index (κ2) is 6.12. The van der Waals surface area contributed by atoms with Crippen LogP contribution in [0.3, 0.4) is 0 Å². The number of carboxylic acid groups (broad SMARTS) is 1. The number of carbonyl (C=O) groups is 1. The minimum atomic E-state index is -1.14. The zero-order chi connectivity index (χ0) is 14.6. The molecule has 5 nitrogen and oxygen atoms in total. The number of rotatable bonds is 5. The molecule has 6 heteroatoms. The van der Waals surface area contributed by atoms with E-state index in [0.717, 1.165) is 0 Å². The van der Waals surface area contributed by atoms with Crippen molar-refractivity contribution in [2.45, 2.75) is 26.4 Å². The maximum Gasteiger partial charge on any atom is 0.339 e. The monoisotopic (exact) mass is 287 g/mol. The Kier molecular flexibility index (Phi) is 5.03. The smallest absolute Gasteiger partial charge is 0.339 e. The van der Waals surface area contributed by atoms with E-state index < -0.39 is 5.97 Å². The molecule has 0 spiro atoms. The van der Waals surface area contributed by atoms with Gasteiger partial charge in [0.15, 0.2) is 5.75 Å². The van der Waals surface area contributed by atoms with Gasteiger partial charge in [0.05, 0.1) is 17.2 Å². The molecule has 3 N–H and O–H groups in total. The molecule has 0 saturated carbocycles. The molecular formula is C13H18ClNO4. The molecule has 0 aliphatic rings. The quantitative estimate of drug-likeness (QED) is 0.643. The molecule has 0 saturated heterocycles. The molecule has 1 rings (SSSR count). The molecule has 0 amide bonds. The Balaban J connectivity index is 2.75. The summed E-state index contributed by atoms with van der Waals surface area (Å²) in [5, 5.41) is 9.25. The maximum atomic E-state index is 11.1. The van der Waals surface area contributed by atoms with Crippen molar-refractivity contribution in [3.8, 4) is 5.75 Å². The lowest BCUT2D eigenvalue weighted by Crippen LogP contribution is -2.22. The first-order valence-corrected chi connectivity index (χ1v) is 6.17. The van der Waals surface area contributed by atoms with E-state index in [1.807, 2.05) is 20.8 Å². The van der Waals surface area contributed by atoms with Crippen LogP contribution in [0.4, 0.5) is 5.69 Å². The summed E-state index contributed by atoms with van der Waals surface area (Å²) in [6.45, 7) is 6.31. The number of hydrogen-bond acceptors (Lipinski definition) is 4. The second-order valence-corrected chi connectivity index (χ2v) is 5.40. The lowest BCUT2D eigenvalue weighted by Gasteiger charge is -2.20. The zero-order valence-electron chi connectivity index (χ0n) is 11.2. The molecule has 19 heavy (non-hydrogen) atoms. The first-order valence-electron chi connectivity index (χ1n) is 5.80. The van der Waals surface area contributed by atoms with Crippen molar-refractivity contribution in [1.29, 1.82) is 0 Å². The van der Waals surface area contributed by atoms with Crippen molar-refractivity contribution in [1.82, 2.24) is 0 Å². The molecular weight excluding hydrogens is 270 g/mol. The van der Waals surface area contributed by atoms with Crippen LogP contribution in [0.15, 0.2) is 12.1 Å². The number of halogens is 1. The number of nitrogens with two attached hydrogens (primary N) is 1. The van der Waals surface area contributed by atoms with Gasteiger partial charge in [-0.05, 0) is 32.9 Å². The average Bonchev–Trinajstić information content (AvgIpc) is 2.24. The fraction of sp³-hybridized carbons (Fsp3) is 0.462. The molecule has 0 aromatic heterocycles. The minimum absolute atomic E-state index is 0.0549. The summed E-state index contributed by atoms with van der Waals surface area (Å²) < 4.78 is 10.9. The summed E-state index contributed by atoms with van der Waals surface area (Å²) in [6.07, 6.45) is 0. The van der Waals surface area contributed by atoms with Gasteiger partial charge in [-0.1, -0.05) is 11.6 Å². The summed E-state index contributed by atoms with van der Waals surface area (Å²) in [6, 6.07) is 2.77. The summed E-state index contributed by atoms with van der Waals surface area (Å²) in [4.78, 5) is 11.1. The van der Waals surface area contributed by atoms with Gasteiger partial charge in [0.25, 0.3) is 0 Å². The highest BCUT2D eigenvalue weighted by molar-refractivity contribution is 6.33. The molecule has 0 atom stereocenters. The Hall–Kier alpha value is -1.46. The van der Waals surface area contributed by atoms with Crippen LogP contribution in [0.1, 0.15) is 31.1 Å². The van der Waals surface area contributed by atoms with E-state index in [1.165, 1.54) is 12.1 Å². The lowest BCUT2D eigenvalue weighted by molar-refractivity contribution is -0.0164. The number of benzene rings is 1. The van der Waals surface area contributed by atoms with Crippen LogP contribution in [0, 0.1) is 0 Å². The van der Waals surface area contributed by atoms with Crippen LogP contribution < -0.4 is 10.5 Å². The number of anilines is 1. The molecule has 0 fully saturated rings. The Labute approximate surface area is 117 Å². The fourth-order valence-electron chi connectivity index (χ4n) is 1.41. The molecule has 0 aliphatic carbocycles. The van der Waals surface area contributed by atoms with Crippen LogP contribution in [0.5, 0.6) is 5.75 Å². The summed E-state index contributed by atoms with van der Waals surface area (Å²) in [5.41, 5.74) is 5.50. The molecule has 1 aromatic carbocycles. The highest BCUT2D eigenvalue weighted by Gasteiger charge is 2.17. The number of ether oxygens (including phenoxy) is 2. The standard InChI is InChI=1S/C13H18ClNO4/c1-13(2,3)19-5-4-18-11-9(12(16)17)6-8(15)7-10(11)14/h6-7H,4-5,15H2,1-3H3,(H,16,17). The molecule has 0 bridgehead atoms. The number of carboxylic acids is 1. The Bertz CT molecular complexity index is 468. The molecule has 106 valence electrons. The van der Waals surface area contributed by atoms with E-state index in [9.17, 15) is 4.79 Å². The Morgan fingerprint density at radius 2 is 2.00 bits per heavy atom. The van der Waals surface area contributed by atoms with Gasteiger partial charge in [0.2, 0.25) is 0 Å². The van der Waals surface area contributed by atoms with Gasteiger partial charge in [-0.25, -0.2) is 4.79 Å². The van der Waals surface area contributed by atoms with Gasteiger partial charge >= 0.3 is 5.97 Å². The summed E-state index contributed by atoms with van der Waals surface area (Å²) in [5.74, 6) is -1.03. The normalized spacial score (nSPS) is 11.4. The topological polar surface area (TPSA) is 81.8 Å². The van der Waals surface area contributed by atoms with Crippen LogP contribution in [0.2, 0.25) is 5.02 Å². The third-order valence-corrected chi connectivity index (χ3v) is 2.44. The average molecular weight is 288 g/mol. The van der Waals surface area contributed by atoms with Crippen molar-refractivity contribution >= 4 is 23.3 Å². The van der Waals surface area contributed by atoms with Crippen molar-refractivity contribution in [3.63, 3.8) is 0 Å². The first-order chi connectivity index (χ1) is 8.70. The van der Waals surface area contributed by atoms with Gasteiger partial charge < -0.3 is 20.3 Å². The van der Waals surface area contributed by atoms with Gasteiger partial charge in [0.1, 0.15) is 12.2 Å². The Morgan fingerprint density at radius 3 is 2.53 bits per heavy atom. The summed E-state index contributed by atoms with van der Waals surface area (Å²) in [7, 11) is 0. The Morgan fingerprint density at radius 1 is 1.37 bits per heavy atom. The van der Waals surface area contributed by atoms with Crippen molar-refractivity contribution in [2.75, 3.05) is 18.9 Å². The number of nitrogen functional groups attached to an aromatic ring is 1. The van der Waals surface area contributed by atoms with E-state index in [1.54, 1.807) is 0 Å². The van der Waals surface area contributed by atoms with Crippen LogP contribution in [-0.4, -0.2) is 29.9 Å². The van der Waals surface area contributed by atoms with Crippen molar-refractivity contribution in [2.24, 2.45) is 0 Å². The van der Waals surface area contributed by atoms with Gasteiger partial charge in [-0.15, -0.1) is 0 Å². The highest BCUT2D eigenvalue weighted by Crippen LogP contribution is 2.31.